The lowest BCUT2D eigenvalue weighted by atomic mass is 9.90. The van der Waals surface area contributed by atoms with Gasteiger partial charge in [-0.2, -0.15) is 0 Å². The molecule has 2 aromatic carbocycles. The van der Waals surface area contributed by atoms with Gasteiger partial charge in [-0.05, 0) is 60.9 Å². The van der Waals surface area contributed by atoms with E-state index in [9.17, 15) is 42.3 Å². The summed E-state index contributed by atoms with van der Waals surface area (Å²) in [4.78, 5) is 84.3. The van der Waals surface area contributed by atoms with E-state index in [1.807, 2.05) is 30.5 Å². The molecule has 0 spiro atoms. The van der Waals surface area contributed by atoms with Crippen LogP contribution in [0.5, 0.6) is 0 Å². The average molecular weight is 1220 g/mol. The number of halogens is 2. The summed E-state index contributed by atoms with van der Waals surface area (Å²) >= 11 is 0. The van der Waals surface area contributed by atoms with Gasteiger partial charge in [0, 0.05) is 80.7 Å². The molecule has 0 bridgehead atoms. The number of imide groups is 1. The summed E-state index contributed by atoms with van der Waals surface area (Å²) in [5.74, 6) is -3.90. The molecule has 4 rings (SSSR count). The van der Waals surface area contributed by atoms with Crippen LogP contribution in [0.1, 0.15) is 72.1 Å². The quantitative estimate of drug-likeness (QED) is 0.0350. The van der Waals surface area contributed by atoms with E-state index in [1.165, 1.54) is 36.8 Å². The predicted octanol–water partition coefficient (Wildman–Crippen LogP) is 3.27. The van der Waals surface area contributed by atoms with Crippen LogP contribution in [0, 0.1) is 23.0 Å². The molecule has 1 aliphatic heterocycles. The Balaban J connectivity index is 0.000000634. The van der Waals surface area contributed by atoms with Gasteiger partial charge in [-0.1, -0.05) is 65.0 Å². The van der Waals surface area contributed by atoms with Crippen molar-refractivity contribution in [3.05, 3.63) is 95.8 Å². The third-order valence-corrected chi connectivity index (χ3v) is 12.4. The number of carbonyl (C=O) groups excluding carboxylic acids is 7. The van der Waals surface area contributed by atoms with Crippen molar-refractivity contribution in [1.82, 2.24) is 36.1 Å². The Kier molecular flexibility index (Phi) is 37.0. The van der Waals surface area contributed by atoms with Crippen LogP contribution in [0.2, 0.25) is 0 Å². The fraction of sp³-hybridized carbons (Fsp3) is 0.590. The number of aliphatic hydroxyl groups is 1. The first-order valence-electron chi connectivity index (χ1n) is 29.1. The predicted molar refractivity (Wildman–Crippen MR) is 315 cm³/mol. The summed E-state index contributed by atoms with van der Waals surface area (Å²) in [5.41, 5.74) is 3.42. The van der Waals surface area contributed by atoms with Gasteiger partial charge in [-0.15, -0.1) is 0 Å². The van der Waals surface area contributed by atoms with E-state index in [0.717, 1.165) is 23.1 Å². The molecule has 6 N–H and O–H groups in total. The minimum absolute atomic E-state index is 0.0354. The Morgan fingerprint density at radius 3 is 1.62 bits per heavy atom. The molecule has 1 aromatic heterocycles. The fourth-order valence-corrected chi connectivity index (χ4v) is 7.95. The van der Waals surface area contributed by atoms with Gasteiger partial charge < -0.3 is 74.2 Å². The maximum absolute atomic E-state index is 14.2. The first-order valence-corrected chi connectivity index (χ1v) is 29.1. The van der Waals surface area contributed by atoms with Gasteiger partial charge in [0.1, 0.15) is 30.3 Å². The molecule has 0 saturated carbocycles. The molecule has 25 heteroatoms. The van der Waals surface area contributed by atoms with Crippen LogP contribution in [-0.4, -0.2) is 207 Å². The van der Waals surface area contributed by atoms with Crippen molar-refractivity contribution in [2.24, 2.45) is 11.3 Å². The first-order chi connectivity index (χ1) is 41.3. The molecule has 480 valence electrons. The molecular formula is C61H91F2N7O16. The minimum atomic E-state index is -0.841. The van der Waals surface area contributed by atoms with Crippen molar-refractivity contribution in [3.63, 3.8) is 0 Å². The highest BCUT2D eigenvalue weighted by atomic mass is 19.1. The second-order valence-electron chi connectivity index (χ2n) is 21.3. The lowest BCUT2D eigenvalue weighted by Gasteiger charge is -2.24. The molecule has 3 aromatic rings. The van der Waals surface area contributed by atoms with Crippen LogP contribution in [0.15, 0.2) is 72.9 Å². The zero-order chi connectivity index (χ0) is 63.0. The zero-order valence-corrected chi connectivity index (χ0v) is 50.8. The van der Waals surface area contributed by atoms with Gasteiger partial charge in [0.25, 0.3) is 11.8 Å². The molecule has 0 fully saturated rings. The number of aliphatic hydroxyl groups excluding tert-OH is 1. The van der Waals surface area contributed by atoms with Crippen LogP contribution in [0.4, 0.5) is 8.78 Å². The second kappa shape index (κ2) is 43.1. The third-order valence-electron chi connectivity index (χ3n) is 12.4. The zero-order valence-electron chi connectivity index (χ0n) is 50.8. The molecule has 0 aliphatic carbocycles. The third kappa shape index (κ3) is 32.8. The molecular weight excluding hydrogens is 1120 g/mol. The van der Waals surface area contributed by atoms with Crippen molar-refractivity contribution in [2.75, 3.05) is 138 Å². The maximum Gasteiger partial charge on any atom is 0.253 e. The van der Waals surface area contributed by atoms with Crippen LogP contribution in [-0.2, 0) is 84.4 Å². The summed E-state index contributed by atoms with van der Waals surface area (Å²) in [7, 11) is 0. The monoisotopic (exact) mass is 1220 g/mol. The van der Waals surface area contributed by atoms with Crippen LogP contribution in [0.25, 0.3) is 11.1 Å². The Labute approximate surface area is 503 Å². The number of amides is 7. The summed E-state index contributed by atoms with van der Waals surface area (Å²) in [6.45, 7) is 18.5. The highest BCUT2D eigenvalue weighted by molar-refractivity contribution is 6.13. The highest BCUT2D eigenvalue weighted by Gasteiger charge is 2.27. The lowest BCUT2D eigenvalue weighted by molar-refractivity contribution is -0.137. The molecule has 7 amide bonds. The van der Waals surface area contributed by atoms with Crippen molar-refractivity contribution < 1.29 is 85.3 Å². The molecule has 2 atom stereocenters. The largest absolute Gasteiger partial charge is 0.387 e. The number of hydrogen-bond acceptors (Lipinski definition) is 16. The van der Waals surface area contributed by atoms with E-state index in [-0.39, 0.29) is 68.8 Å². The smallest absolute Gasteiger partial charge is 0.253 e. The minimum Gasteiger partial charge on any atom is -0.387 e. The van der Waals surface area contributed by atoms with E-state index in [0.29, 0.717) is 123 Å². The summed E-state index contributed by atoms with van der Waals surface area (Å²) in [5, 5.41) is 21.8. The number of nitrogens with zero attached hydrogens (tertiary/aromatic N) is 2. The van der Waals surface area contributed by atoms with Gasteiger partial charge >= 0.3 is 0 Å². The molecule has 0 radical (unpaired) electrons. The molecule has 1 aliphatic rings. The normalized spacial score (nSPS) is 12.9. The van der Waals surface area contributed by atoms with Crippen molar-refractivity contribution >= 4 is 41.4 Å². The molecule has 2 heterocycles. The number of aromatic nitrogens is 1. The number of rotatable bonds is 44. The summed E-state index contributed by atoms with van der Waals surface area (Å²) < 4.78 is 73.5. The van der Waals surface area contributed by atoms with Crippen molar-refractivity contribution in [3.8, 4) is 11.1 Å². The fourth-order valence-electron chi connectivity index (χ4n) is 7.95. The van der Waals surface area contributed by atoms with Crippen LogP contribution < -0.4 is 26.6 Å². The Bertz CT molecular complexity index is 2490. The number of nitrogens with one attached hydrogen (secondary N) is 5. The molecule has 86 heavy (non-hydrogen) atoms. The summed E-state index contributed by atoms with van der Waals surface area (Å²) in [6.07, 6.45) is 5.68. The first kappa shape index (κ1) is 73.7. The second-order valence-corrected chi connectivity index (χ2v) is 21.3. The van der Waals surface area contributed by atoms with E-state index in [4.69, 9.17) is 43.0 Å². The van der Waals surface area contributed by atoms with Gasteiger partial charge in [0.05, 0.1) is 106 Å². The maximum atomic E-state index is 14.2. The van der Waals surface area contributed by atoms with E-state index in [1.54, 1.807) is 13.8 Å². The Hall–Kier alpha value is -6.55. The van der Waals surface area contributed by atoms with Crippen LogP contribution >= 0.6 is 0 Å². The van der Waals surface area contributed by atoms with Crippen molar-refractivity contribution in [2.45, 2.75) is 85.9 Å². The van der Waals surface area contributed by atoms with Crippen LogP contribution in [0.3, 0.4) is 0 Å². The van der Waals surface area contributed by atoms with Gasteiger partial charge in [-0.3, -0.25) is 38.5 Å². The standard InChI is InChI=1S/C39H68N6O16.C22H23F2N/c1-30(2)37(39(53)43-31(3)38(52)42-10-4-9-40-34(49)29-46)44-33(48)8-13-54-15-17-56-19-21-58-23-25-60-27-28-61-26-24-59-22-20-57-18-16-55-14-11-41-32(47)7-12-45-35(50)5-6-36(45)51;1-22(2,3)13-19-11-17(20-12-18(23)9-10-21(20)24)15-25(19)14-16-7-5-4-6-8-16/h5-6,30-31,37,46H,4,7-29H2,1-3H3,(H,40,49)(H,41,47)(H,42,52)(H,43,53)(H,44,48);4-12,15H,13-14H2,1-3H3/t31-,37?;/m0./s1. The van der Waals surface area contributed by atoms with E-state index >= 15 is 0 Å². The highest BCUT2D eigenvalue weighted by Crippen LogP contribution is 2.30. The number of hydrogen-bond donors (Lipinski definition) is 6. The molecule has 1 unspecified atom stereocenters. The topological polar surface area (TPSA) is 282 Å². The van der Waals surface area contributed by atoms with Crippen molar-refractivity contribution in [1.29, 1.82) is 0 Å². The summed E-state index contributed by atoms with van der Waals surface area (Å²) in [6, 6.07) is 14.0. The number of ether oxygens (including phenoxy) is 8. The van der Waals surface area contributed by atoms with E-state index in [2.05, 4.69) is 64.1 Å². The van der Waals surface area contributed by atoms with Gasteiger partial charge in [0.15, 0.2) is 0 Å². The lowest BCUT2D eigenvalue weighted by Crippen LogP contribution is -2.54. The average Bonchev–Trinajstić information content (AvgIpc) is 3.90. The molecule has 0 saturated heterocycles. The molecule has 23 nitrogen and oxygen atoms in total. The Morgan fingerprint density at radius 2 is 1.09 bits per heavy atom. The number of benzene rings is 2. The van der Waals surface area contributed by atoms with Gasteiger partial charge in [-0.25, -0.2) is 8.78 Å². The number of carbonyl (C=O) groups is 7. The van der Waals surface area contributed by atoms with E-state index < -0.39 is 59.9 Å². The van der Waals surface area contributed by atoms with Gasteiger partial charge in [0.2, 0.25) is 29.5 Å². The SMILES string of the molecule is CC(C)(C)Cc1cc(-c2cc(F)ccc2F)cn1Cc1ccccc1.CC(C)C(NC(=O)CCOCCOCCOCCOCCOCCOCCOCCOCCNC(=O)CCN1C(=O)C=CC1=O)C(=O)N[C@@H](C)C(=O)NCCCNC(=O)CO. The Morgan fingerprint density at radius 1 is 0.581 bits per heavy atom.